The van der Waals surface area contributed by atoms with Gasteiger partial charge in [-0.3, -0.25) is 0 Å². The van der Waals surface area contributed by atoms with Gasteiger partial charge in [-0.25, -0.2) is 0 Å². The Bertz CT molecular complexity index is 342. The first-order chi connectivity index (χ1) is 6.79. The van der Waals surface area contributed by atoms with Crippen LogP contribution < -0.4 is 5.30 Å². The van der Waals surface area contributed by atoms with Gasteiger partial charge in [-0.1, -0.05) is 39.0 Å². The second-order valence-electron chi connectivity index (χ2n) is 4.32. The highest BCUT2D eigenvalue weighted by Crippen LogP contribution is 2.46. The van der Waals surface area contributed by atoms with Crippen LogP contribution >= 0.6 is 7.94 Å². The van der Waals surface area contributed by atoms with E-state index in [1.54, 1.807) is 12.1 Å². The molecule has 3 nitrogen and oxygen atoms in total. The third kappa shape index (κ3) is 2.76. The van der Waals surface area contributed by atoms with Crippen molar-refractivity contribution < 1.29 is 14.7 Å². The standard InChI is InChI=1S/C11H18O3P/c1-4-11(2,3)9-7-5-6-8-10(9)15(12,13)14/h5-8,12-14H,4H2,1-3H3/q+1. The van der Waals surface area contributed by atoms with Crippen molar-refractivity contribution in [3.8, 4) is 0 Å². The van der Waals surface area contributed by atoms with Crippen LogP contribution in [0, 0.1) is 0 Å². The van der Waals surface area contributed by atoms with E-state index in [9.17, 15) is 14.7 Å². The van der Waals surface area contributed by atoms with Crippen LogP contribution in [0.5, 0.6) is 0 Å². The van der Waals surface area contributed by atoms with Crippen LogP contribution in [0.2, 0.25) is 0 Å². The highest BCUT2D eigenvalue weighted by atomic mass is 31.2. The molecule has 0 saturated carbocycles. The number of benzene rings is 1. The van der Waals surface area contributed by atoms with Crippen molar-refractivity contribution >= 4 is 13.2 Å². The van der Waals surface area contributed by atoms with Gasteiger partial charge in [-0.2, -0.15) is 14.7 Å². The lowest BCUT2D eigenvalue weighted by molar-refractivity contribution is 0.345. The van der Waals surface area contributed by atoms with Crippen molar-refractivity contribution in [2.75, 3.05) is 0 Å². The molecule has 84 valence electrons. The highest BCUT2D eigenvalue weighted by Gasteiger charge is 2.40. The maximum atomic E-state index is 9.35. The molecule has 0 saturated heterocycles. The quantitative estimate of drug-likeness (QED) is 0.692. The molecule has 0 aliphatic heterocycles. The van der Waals surface area contributed by atoms with Crippen molar-refractivity contribution in [1.29, 1.82) is 0 Å². The number of hydrogen-bond acceptors (Lipinski definition) is 3. The molecule has 0 spiro atoms. The minimum Gasteiger partial charge on any atom is -0.189 e. The van der Waals surface area contributed by atoms with Gasteiger partial charge in [-0.05, 0) is 17.9 Å². The molecule has 0 amide bonds. The smallest absolute Gasteiger partial charge is 0.189 e. The topological polar surface area (TPSA) is 60.7 Å². The lowest BCUT2D eigenvalue weighted by Crippen LogP contribution is -2.26. The molecule has 0 unspecified atom stereocenters. The summed E-state index contributed by atoms with van der Waals surface area (Å²) >= 11 is 0. The summed E-state index contributed by atoms with van der Waals surface area (Å²) in [6.07, 6.45) is 0.865. The first kappa shape index (κ1) is 12.6. The minimum atomic E-state index is -3.92. The van der Waals surface area contributed by atoms with Crippen LogP contribution in [-0.2, 0) is 5.41 Å². The summed E-state index contributed by atoms with van der Waals surface area (Å²) in [4.78, 5) is 28.1. The number of hydrogen-bond donors (Lipinski definition) is 3. The maximum Gasteiger partial charge on any atom is 0.441 e. The first-order valence-electron chi connectivity index (χ1n) is 4.96. The fourth-order valence-electron chi connectivity index (χ4n) is 1.50. The van der Waals surface area contributed by atoms with Gasteiger partial charge in [0.25, 0.3) is 0 Å². The molecular formula is C11H18O3P+. The molecule has 0 aliphatic carbocycles. The molecule has 1 aromatic rings. The van der Waals surface area contributed by atoms with E-state index in [1.807, 2.05) is 32.9 Å². The zero-order chi connectivity index (χ0) is 11.7. The van der Waals surface area contributed by atoms with Crippen LogP contribution in [0.1, 0.15) is 32.8 Å². The van der Waals surface area contributed by atoms with Gasteiger partial charge in [-0.15, -0.1) is 0 Å². The van der Waals surface area contributed by atoms with Gasteiger partial charge < -0.3 is 0 Å². The van der Waals surface area contributed by atoms with Gasteiger partial charge in [0.2, 0.25) is 0 Å². The fraction of sp³-hybridized carbons (Fsp3) is 0.455. The maximum absolute atomic E-state index is 9.35. The van der Waals surface area contributed by atoms with E-state index < -0.39 is 7.94 Å². The van der Waals surface area contributed by atoms with Crippen molar-refractivity contribution in [2.45, 2.75) is 32.6 Å². The van der Waals surface area contributed by atoms with Crippen LogP contribution in [-0.4, -0.2) is 14.7 Å². The minimum absolute atomic E-state index is 0.171. The summed E-state index contributed by atoms with van der Waals surface area (Å²) < 4.78 is 0. The van der Waals surface area contributed by atoms with Gasteiger partial charge in [0.15, 0.2) is 5.30 Å². The molecule has 15 heavy (non-hydrogen) atoms. The third-order valence-electron chi connectivity index (χ3n) is 2.84. The van der Waals surface area contributed by atoms with E-state index in [2.05, 4.69) is 0 Å². The summed E-state index contributed by atoms with van der Waals surface area (Å²) in [7, 11) is -3.92. The molecule has 1 aromatic carbocycles. The Hall–Kier alpha value is -0.470. The second-order valence-corrected chi connectivity index (χ2v) is 5.94. The molecule has 0 heterocycles. The highest BCUT2D eigenvalue weighted by molar-refractivity contribution is 7.66. The normalized spacial score (nSPS) is 12.9. The Kier molecular flexibility index (Phi) is 3.51. The predicted octanol–water partition coefficient (Wildman–Crippen LogP) is 1.74. The average Bonchev–Trinajstić information content (AvgIpc) is 2.16. The van der Waals surface area contributed by atoms with Gasteiger partial charge >= 0.3 is 7.94 Å². The monoisotopic (exact) mass is 229 g/mol. The lowest BCUT2D eigenvalue weighted by atomic mass is 9.82. The van der Waals surface area contributed by atoms with Gasteiger partial charge in [0.05, 0.1) is 0 Å². The molecule has 0 aromatic heterocycles. The molecular weight excluding hydrogens is 211 g/mol. The molecule has 4 heteroatoms. The predicted molar refractivity (Wildman–Crippen MR) is 63.0 cm³/mol. The zero-order valence-electron chi connectivity index (χ0n) is 9.31. The first-order valence-corrected chi connectivity index (χ1v) is 6.61. The Morgan fingerprint density at radius 2 is 1.67 bits per heavy atom. The lowest BCUT2D eigenvalue weighted by Gasteiger charge is -2.25. The van der Waals surface area contributed by atoms with E-state index in [1.165, 1.54) is 0 Å². The van der Waals surface area contributed by atoms with Crippen molar-refractivity contribution in [3.63, 3.8) is 0 Å². The Morgan fingerprint density at radius 3 is 2.13 bits per heavy atom. The molecule has 1 rings (SSSR count). The van der Waals surface area contributed by atoms with E-state index in [4.69, 9.17) is 0 Å². The SMILES string of the molecule is CCC(C)(C)c1ccccc1[P+](O)(O)O. The van der Waals surface area contributed by atoms with Crippen LogP contribution in [0.3, 0.4) is 0 Å². The van der Waals surface area contributed by atoms with E-state index in [0.717, 1.165) is 12.0 Å². The molecule has 0 aliphatic rings. The summed E-state index contributed by atoms with van der Waals surface area (Å²) in [5.74, 6) is 0. The number of rotatable bonds is 3. The zero-order valence-corrected chi connectivity index (χ0v) is 10.2. The third-order valence-corrected chi connectivity index (χ3v) is 3.88. The molecule has 0 bridgehead atoms. The van der Waals surface area contributed by atoms with Gasteiger partial charge in [0.1, 0.15) is 0 Å². The largest absolute Gasteiger partial charge is 0.441 e. The fourth-order valence-corrected chi connectivity index (χ4v) is 2.48. The van der Waals surface area contributed by atoms with Crippen LogP contribution in [0.25, 0.3) is 0 Å². The Balaban J connectivity index is 3.31. The second kappa shape index (κ2) is 4.18. The summed E-state index contributed by atoms with van der Waals surface area (Å²) in [6.45, 7) is 6.06. The summed E-state index contributed by atoms with van der Waals surface area (Å²) in [5, 5.41) is 0.261. The summed E-state index contributed by atoms with van der Waals surface area (Å²) in [6, 6.07) is 6.94. The molecule has 0 fully saturated rings. The van der Waals surface area contributed by atoms with Crippen molar-refractivity contribution in [2.24, 2.45) is 0 Å². The van der Waals surface area contributed by atoms with Crippen LogP contribution in [0.4, 0.5) is 0 Å². The molecule has 3 N–H and O–H groups in total. The van der Waals surface area contributed by atoms with Crippen molar-refractivity contribution in [3.05, 3.63) is 29.8 Å². The Labute approximate surface area is 91.0 Å². The van der Waals surface area contributed by atoms with Gasteiger partial charge in [0, 0.05) is 5.56 Å². The van der Waals surface area contributed by atoms with E-state index >= 15 is 0 Å². The van der Waals surface area contributed by atoms with E-state index in [0.29, 0.717) is 0 Å². The molecule has 0 atom stereocenters. The van der Waals surface area contributed by atoms with Crippen LogP contribution in [0.15, 0.2) is 24.3 Å². The molecule has 0 radical (unpaired) electrons. The van der Waals surface area contributed by atoms with E-state index in [-0.39, 0.29) is 10.7 Å². The average molecular weight is 229 g/mol. The Morgan fingerprint density at radius 1 is 1.13 bits per heavy atom. The van der Waals surface area contributed by atoms with Crippen molar-refractivity contribution in [1.82, 2.24) is 0 Å². The summed E-state index contributed by atoms with van der Waals surface area (Å²) in [5.41, 5.74) is 0.629.